The maximum atomic E-state index is 16.1. The van der Waals surface area contributed by atoms with Gasteiger partial charge in [0, 0.05) is 61.2 Å². The molecule has 1 N–H and O–H groups in total. The number of imidazole rings is 1. The van der Waals surface area contributed by atoms with Gasteiger partial charge < -0.3 is 4.98 Å². The van der Waals surface area contributed by atoms with Gasteiger partial charge in [0.05, 0.1) is 27.6 Å². The number of nitrogens with zero attached hydrogens (tertiary/aromatic N) is 4. The Bertz CT molecular complexity index is 3330. The third kappa shape index (κ3) is 5.05. The summed E-state index contributed by atoms with van der Waals surface area (Å²) in [6.45, 7) is 1.90. The zero-order valence-electron chi connectivity index (χ0n) is 30.8. The van der Waals surface area contributed by atoms with Crippen LogP contribution < -0.4 is 0 Å². The monoisotopic (exact) mass is 741 g/mol. The minimum atomic E-state index is -3.18. The van der Waals surface area contributed by atoms with Crippen molar-refractivity contribution in [3.63, 3.8) is 0 Å². The number of hydrogen-bond donors (Lipinski definition) is 1. The summed E-state index contributed by atoms with van der Waals surface area (Å²) in [5.41, 5.74) is 10.2. The molecule has 0 atom stereocenters. The highest BCUT2D eigenvalue weighted by Gasteiger charge is 2.35. The molecule has 7 heteroatoms. The lowest BCUT2D eigenvalue weighted by Crippen LogP contribution is -2.15. The normalized spacial score (nSPS) is 12.1. The molecule has 0 saturated carbocycles. The molecular formula is C50H33F2N5. The van der Waals surface area contributed by atoms with E-state index in [2.05, 4.69) is 99.0 Å². The number of hydrogen-bond acceptors (Lipinski definition) is 2. The molecule has 0 bridgehead atoms. The fraction of sp³-hybridized carbons (Fsp3) is 0.0400. The van der Waals surface area contributed by atoms with Crippen molar-refractivity contribution >= 4 is 54.6 Å². The van der Waals surface area contributed by atoms with Crippen LogP contribution in [0.15, 0.2) is 176 Å². The van der Waals surface area contributed by atoms with Crippen molar-refractivity contribution in [1.82, 2.24) is 24.1 Å². The van der Waals surface area contributed by atoms with Crippen molar-refractivity contribution in [1.29, 1.82) is 0 Å². The summed E-state index contributed by atoms with van der Waals surface area (Å²) in [7, 11) is 0. The number of aromatic nitrogens is 5. The average Bonchev–Trinajstić information content (AvgIpc) is 3.94. The molecular weight excluding hydrogens is 709 g/mol. The van der Waals surface area contributed by atoms with Crippen LogP contribution in [-0.4, -0.2) is 24.1 Å². The van der Waals surface area contributed by atoms with Crippen LogP contribution in [0.1, 0.15) is 16.7 Å². The molecule has 0 amide bonds. The Morgan fingerprint density at radius 2 is 1.30 bits per heavy atom. The van der Waals surface area contributed by atoms with Gasteiger partial charge in [-0.3, -0.25) is 9.13 Å². The van der Waals surface area contributed by atoms with Crippen LogP contribution in [-0.2, 0) is 5.92 Å². The molecule has 57 heavy (non-hydrogen) atoms. The molecule has 4 aromatic heterocycles. The lowest BCUT2D eigenvalue weighted by atomic mass is 9.96. The standard InChI is InChI=1S/C50H33F2N5/c1-31-28-34(50(51,52)33-14-4-2-5-15-33)30-41-38-26-25-32(29-44(38)57(48(31)41)45-24-10-11-27-53-45)36-19-13-23-43-47(36)55-49(56(43)35-16-6-3-7-17-35)40-21-12-20-39-37-18-8-9-22-42(37)54-46(39)40/h2-30,54H,1H3. The molecule has 272 valence electrons. The summed E-state index contributed by atoms with van der Waals surface area (Å²) in [6, 6.07) is 54.7. The maximum absolute atomic E-state index is 16.1. The van der Waals surface area contributed by atoms with Crippen molar-refractivity contribution in [2.45, 2.75) is 12.8 Å². The molecule has 0 aliphatic heterocycles. The van der Waals surface area contributed by atoms with Crippen molar-refractivity contribution in [2.24, 2.45) is 0 Å². The number of alkyl halides is 2. The molecule has 0 saturated heterocycles. The van der Waals surface area contributed by atoms with Gasteiger partial charge in [0.15, 0.2) is 0 Å². The van der Waals surface area contributed by atoms with Crippen LogP contribution in [0.4, 0.5) is 8.78 Å². The Balaban J connectivity index is 1.16. The van der Waals surface area contributed by atoms with Gasteiger partial charge in [-0.1, -0.05) is 109 Å². The highest BCUT2D eigenvalue weighted by Crippen LogP contribution is 2.43. The number of fused-ring (bicyclic) bond motifs is 7. The van der Waals surface area contributed by atoms with E-state index in [0.717, 1.165) is 83.0 Å². The van der Waals surface area contributed by atoms with E-state index in [1.807, 2.05) is 49.4 Å². The van der Waals surface area contributed by atoms with E-state index in [4.69, 9.17) is 9.97 Å². The van der Waals surface area contributed by atoms with Crippen LogP contribution in [0, 0.1) is 6.92 Å². The topological polar surface area (TPSA) is 51.4 Å². The number of benzene rings is 7. The van der Waals surface area contributed by atoms with E-state index >= 15 is 8.78 Å². The third-order valence-electron chi connectivity index (χ3n) is 11.2. The molecule has 11 aromatic rings. The van der Waals surface area contributed by atoms with Crippen LogP contribution >= 0.6 is 0 Å². The van der Waals surface area contributed by atoms with Gasteiger partial charge in [-0.25, -0.2) is 9.97 Å². The molecule has 0 spiro atoms. The second-order valence-corrected chi connectivity index (χ2v) is 14.6. The second kappa shape index (κ2) is 12.6. The number of rotatable bonds is 6. The van der Waals surface area contributed by atoms with E-state index in [9.17, 15) is 0 Å². The lowest BCUT2D eigenvalue weighted by Gasteiger charge is -2.18. The molecule has 0 aliphatic carbocycles. The fourth-order valence-electron chi connectivity index (χ4n) is 8.64. The summed E-state index contributed by atoms with van der Waals surface area (Å²) in [5.74, 6) is -1.64. The van der Waals surface area contributed by atoms with Crippen molar-refractivity contribution in [2.75, 3.05) is 0 Å². The molecule has 0 radical (unpaired) electrons. The SMILES string of the molecule is Cc1cc(C(F)(F)c2ccccc2)cc2c3ccc(-c4cccc5c4nc(-c4cccc6c4[nH]c4ccccc46)n5-c4ccccc4)cc3n(-c3ccccn3)c12. The number of halogens is 2. The largest absolute Gasteiger partial charge is 0.354 e. The third-order valence-corrected chi connectivity index (χ3v) is 11.2. The predicted molar refractivity (Wildman–Crippen MR) is 228 cm³/mol. The number of nitrogens with one attached hydrogen (secondary N) is 1. The highest BCUT2D eigenvalue weighted by atomic mass is 19.3. The predicted octanol–water partition coefficient (Wildman–Crippen LogP) is 12.9. The van der Waals surface area contributed by atoms with Crippen LogP contribution in [0.5, 0.6) is 0 Å². The minimum Gasteiger partial charge on any atom is -0.354 e. The van der Waals surface area contributed by atoms with E-state index in [0.29, 0.717) is 5.82 Å². The number of aromatic amines is 1. The Hall–Kier alpha value is -7.38. The van der Waals surface area contributed by atoms with Gasteiger partial charge in [-0.05, 0) is 78.7 Å². The van der Waals surface area contributed by atoms with E-state index in [-0.39, 0.29) is 11.1 Å². The molecule has 0 unspecified atom stereocenters. The number of para-hydroxylation sites is 4. The Morgan fingerprint density at radius 1 is 0.561 bits per heavy atom. The summed E-state index contributed by atoms with van der Waals surface area (Å²) in [6.07, 6.45) is 1.76. The second-order valence-electron chi connectivity index (χ2n) is 14.6. The van der Waals surface area contributed by atoms with E-state index < -0.39 is 5.92 Å². The molecule has 0 fully saturated rings. The smallest absolute Gasteiger partial charge is 0.298 e. The molecule has 5 nitrogen and oxygen atoms in total. The lowest BCUT2D eigenvalue weighted by molar-refractivity contribution is 0.0429. The minimum absolute atomic E-state index is 0.0392. The number of aryl methyl sites for hydroxylation is 1. The van der Waals surface area contributed by atoms with Crippen molar-refractivity contribution in [3.05, 3.63) is 193 Å². The molecule has 11 rings (SSSR count). The van der Waals surface area contributed by atoms with Crippen LogP contribution in [0.2, 0.25) is 0 Å². The first kappa shape index (κ1) is 33.0. The first-order valence-electron chi connectivity index (χ1n) is 19.0. The number of H-pyrrole nitrogens is 1. The molecule has 0 aliphatic rings. The fourth-order valence-corrected chi connectivity index (χ4v) is 8.64. The Labute approximate surface area is 326 Å². The van der Waals surface area contributed by atoms with E-state index in [1.54, 1.807) is 36.5 Å². The van der Waals surface area contributed by atoms with E-state index in [1.165, 1.54) is 17.5 Å². The zero-order valence-corrected chi connectivity index (χ0v) is 30.8. The maximum Gasteiger partial charge on any atom is 0.298 e. The van der Waals surface area contributed by atoms with Gasteiger partial charge in [0.25, 0.3) is 5.92 Å². The number of pyridine rings is 1. The first-order chi connectivity index (χ1) is 28.0. The van der Waals surface area contributed by atoms with Gasteiger partial charge in [0.1, 0.15) is 11.6 Å². The molecule has 7 aromatic carbocycles. The summed E-state index contributed by atoms with van der Waals surface area (Å²) in [4.78, 5) is 13.9. The van der Waals surface area contributed by atoms with Crippen LogP contribution in [0.3, 0.4) is 0 Å². The van der Waals surface area contributed by atoms with Gasteiger partial charge in [0.2, 0.25) is 0 Å². The van der Waals surface area contributed by atoms with Crippen LogP contribution in [0.25, 0.3) is 88.7 Å². The quantitative estimate of drug-likeness (QED) is 0.184. The van der Waals surface area contributed by atoms with Crippen molar-refractivity contribution in [3.8, 4) is 34.0 Å². The Kier molecular flexibility index (Phi) is 7.28. The summed E-state index contributed by atoms with van der Waals surface area (Å²) >= 11 is 0. The van der Waals surface area contributed by atoms with Gasteiger partial charge >= 0.3 is 0 Å². The zero-order chi connectivity index (χ0) is 38.3. The average molecular weight is 742 g/mol. The van der Waals surface area contributed by atoms with Gasteiger partial charge in [-0.2, -0.15) is 8.78 Å². The summed E-state index contributed by atoms with van der Waals surface area (Å²) < 4.78 is 36.6. The highest BCUT2D eigenvalue weighted by molar-refractivity contribution is 6.13. The first-order valence-corrected chi connectivity index (χ1v) is 19.0. The summed E-state index contributed by atoms with van der Waals surface area (Å²) in [5, 5.41) is 3.91. The van der Waals surface area contributed by atoms with Crippen molar-refractivity contribution < 1.29 is 8.78 Å². The Morgan fingerprint density at radius 3 is 2.12 bits per heavy atom. The van der Waals surface area contributed by atoms with Gasteiger partial charge in [-0.15, -0.1) is 0 Å². The molecule has 4 heterocycles.